The maximum Gasteiger partial charge on any atom is 0.326 e. The van der Waals surface area contributed by atoms with Crippen molar-refractivity contribution in [1.29, 1.82) is 0 Å². The van der Waals surface area contributed by atoms with Crippen LogP contribution in [-0.4, -0.2) is 27.2 Å². The lowest BCUT2D eigenvalue weighted by atomic mass is 10.1. The van der Waals surface area contributed by atoms with E-state index in [9.17, 15) is 9.59 Å². The molecule has 1 N–H and O–H groups in total. The zero-order valence-electron chi connectivity index (χ0n) is 15.7. The van der Waals surface area contributed by atoms with E-state index in [2.05, 4.69) is 10.3 Å². The maximum atomic E-state index is 12.9. The largest absolute Gasteiger partial charge is 0.459 e. The third kappa shape index (κ3) is 5.33. The summed E-state index contributed by atoms with van der Waals surface area (Å²) in [6, 6.07) is 7.03. The van der Waals surface area contributed by atoms with E-state index in [-0.39, 0.29) is 24.0 Å². The first kappa shape index (κ1) is 20.0. The summed E-state index contributed by atoms with van der Waals surface area (Å²) in [7, 11) is 0. The van der Waals surface area contributed by atoms with Crippen molar-refractivity contribution in [2.24, 2.45) is 0 Å². The number of rotatable bonds is 5. The fourth-order valence-electron chi connectivity index (χ4n) is 2.37. The molecule has 0 saturated carbocycles. The van der Waals surface area contributed by atoms with Crippen molar-refractivity contribution in [2.75, 3.05) is 5.32 Å². The van der Waals surface area contributed by atoms with Crippen LogP contribution in [-0.2, 0) is 16.1 Å². The number of aromatic nitrogens is 2. The zero-order chi connectivity index (χ0) is 19.5. The molecule has 0 fully saturated rings. The summed E-state index contributed by atoms with van der Waals surface area (Å²) in [4.78, 5) is 29.4. The molecule has 0 unspecified atom stereocenters. The van der Waals surface area contributed by atoms with E-state index < -0.39 is 11.6 Å². The van der Waals surface area contributed by atoms with Crippen molar-refractivity contribution >= 4 is 23.4 Å². The summed E-state index contributed by atoms with van der Waals surface area (Å²) in [6.45, 7) is 8.96. The van der Waals surface area contributed by atoms with Gasteiger partial charge in [-0.2, -0.15) is 0 Å². The van der Waals surface area contributed by atoms with Crippen LogP contribution in [0.2, 0.25) is 5.02 Å². The molecule has 6 nitrogen and oxygen atoms in total. The van der Waals surface area contributed by atoms with E-state index >= 15 is 0 Å². The predicted octanol–water partition coefficient (Wildman–Crippen LogP) is 3.73. The first-order valence-electron chi connectivity index (χ1n) is 8.41. The Morgan fingerprint density at radius 3 is 2.42 bits per heavy atom. The molecule has 26 heavy (non-hydrogen) atoms. The molecule has 1 heterocycles. The summed E-state index contributed by atoms with van der Waals surface area (Å²) in [5.41, 5.74) is 0.246. The van der Waals surface area contributed by atoms with Crippen LogP contribution in [0.3, 0.4) is 0 Å². The molecule has 140 valence electrons. The number of halogens is 1. The molecule has 0 spiro atoms. The van der Waals surface area contributed by atoms with Gasteiger partial charge in [0, 0.05) is 11.1 Å². The summed E-state index contributed by atoms with van der Waals surface area (Å²) in [5, 5.41) is 3.59. The molecule has 0 bridgehead atoms. The third-order valence-electron chi connectivity index (χ3n) is 3.33. The van der Waals surface area contributed by atoms with Crippen LogP contribution >= 0.6 is 11.6 Å². The number of benzene rings is 1. The summed E-state index contributed by atoms with van der Waals surface area (Å²) < 4.78 is 6.74. The van der Waals surface area contributed by atoms with Crippen LogP contribution in [0.1, 0.15) is 34.6 Å². The van der Waals surface area contributed by atoms with Gasteiger partial charge in [-0.25, -0.2) is 4.98 Å². The highest BCUT2D eigenvalue weighted by Gasteiger charge is 2.20. The summed E-state index contributed by atoms with van der Waals surface area (Å²) in [5.74, 6) is -0.294. The standard InChI is InChI=1S/C19H24ClN3O3/c1-12(2)22-17-18(25)23(11-16(24)26-19(3,4)5)15(10-21-17)13-6-8-14(20)9-7-13/h6-10,12H,11H2,1-5H3,(H,21,22). The summed E-state index contributed by atoms with van der Waals surface area (Å²) >= 11 is 5.94. The molecule has 7 heteroatoms. The minimum Gasteiger partial charge on any atom is -0.459 e. The minimum absolute atomic E-state index is 0.0339. The van der Waals surface area contributed by atoms with Gasteiger partial charge in [0.25, 0.3) is 5.56 Å². The number of hydrogen-bond donors (Lipinski definition) is 1. The van der Waals surface area contributed by atoms with Gasteiger partial charge in [0.05, 0.1) is 11.9 Å². The Bertz CT molecular complexity index is 837. The minimum atomic E-state index is -0.632. The van der Waals surface area contributed by atoms with Crippen molar-refractivity contribution in [3.63, 3.8) is 0 Å². The van der Waals surface area contributed by atoms with E-state index in [4.69, 9.17) is 16.3 Å². The molecule has 2 rings (SSSR count). The van der Waals surface area contributed by atoms with E-state index in [1.807, 2.05) is 13.8 Å². The highest BCUT2D eigenvalue weighted by molar-refractivity contribution is 6.30. The number of carbonyl (C=O) groups excluding carboxylic acids is 1. The van der Waals surface area contributed by atoms with E-state index in [1.165, 1.54) is 4.57 Å². The Morgan fingerprint density at radius 2 is 1.88 bits per heavy atom. The van der Waals surface area contributed by atoms with Gasteiger partial charge in [-0.15, -0.1) is 0 Å². The lowest BCUT2D eigenvalue weighted by Crippen LogP contribution is -2.33. The Labute approximate surface area is 158 Å². The van der Waals surface area contributed by atoms with Gasteiger partial charge in [0.15, 0.2) is 5.82 Å². The van der Waals surface area contributed by atoms with E-state index in [1.54, 1.807) is 51.2 Å². The van der Waals surface area contributed by atoms with Crippen LogP contribution in [0.5, 0.6) is 0 Å². The predicted molar refractivity (Wildman–Crippen MR) is 104 cm³/mol. The van der Waals surface area contributed by atoms with Crippen molar-refractivity contribution in [3.8, 4) is 11.3 Å². The zero-order valence-corrected chi connectivity index (χ0v) is 16.4. The van der Waals surface area contributed by atoms with Gasteiger partial charge in [-0.1, -0.05) is 23.7 Å². The average Bonchev–Trinajstić information content (AvgIpc) is 2.50. The van der Waals surface area contributed by atoms with Crippen LogP contribution in [0.4, 0.5) is 5.82 Å². The Hall–Kier alpha value is -2.34. The molecule has 0 atom stereocenters. The number of hydrogen-bond acceptors (Lipinski definition) is 5. The molecular formula is C19H24ClN3O3. The van der Waals surface area contributed by atoms with Gasteiger partial charge >= 0.3 is 5.97 Å². The fourth-order valence-corrected chi connectivity index (χ4v) is 2.50. The lowest BCUT2D eigenvalue weighted by Gasteiger charge is -2.21. The Kier molecular flexibility index (Phi) is 6.08. The van der Waals surface area contributed by atoms with Gasteiger partial charge in [-0.05, 0) is 52.3 Å². The fraction of sp³-hybridized carbons (Fsp3) is 0.421. The van der Waals surface area contributed by atoms with Gasteiger partial charge in [0.2, 0.25) is 0 Å². The number of carbonyl (C=O) groups is 1. The van der Waals surface area contributed by atoms with Crippen LogP contribution in [0.25, 0.3) is 11.3 Å². The van der Waals surface area contributed by atoms with Crippen molar-refractivity contribution in [1.82, 2.24) is 9.55 Å². The van der Waals surface area contributed by atoms with Gasteiger partial charge in [0.1, 0.15) is 12.1 Å². The third-order valence-corrected chi connectivity index (χ3v) is 3.58. The number of esters is 1. The van der Waals surface area contributed by atoms with Gasteiger partial charge < -0.3 is 10.1 Å². The molecule has 0 aliphatic heterocycles. The number of anilines is 1. The smallest absolute Gasteiger partial charge is 0.326 e. The molecule has 0 aliphatic carbocycles. The average molecular weight is 378 g/mol. The molecular weight excluding hydrogens is 354 g/mol. The first-order valence-corrected chi connectivity index (χ1v) is 8.79. The molecule has 2 aromatic rings. The monoisotopic (exact) mass is 377 g/mol. The number of nitrogens with one attached hydrogen (secondary N) is 1. The normalized spacial score (nSPS) is 11.5. The maximum absolute atomic E-state index is 12.9. The van der Waals surface area contributed by atoms with Crippen LogP contribution in [0, 0.1) is 0 Å². The second-order valence-corrected chi connectivity index (χ2v) is 7.71. The van der Waals surface area contributed by atoms with E-state index in [0.717, 1.165) is 5.56 Å². The van der Waals surface area contributed by atoms with Crippen molar-refractivity contribution < 1.29 is 9.53 Å². The highest BCUT2D eigenvalue weighted by atomic mass is 35.5. The van der Waals surface area contributed by atoms with Crippen LogP contribution in [0.15, 0.2) is 35.3 Å². The van der Waals surface area contributed by atoms with Gasteiger partial charge in [-0.3, -0.25) is 14.2 Å². The highest BCUT2D eigenvalue weighted by Crippen LogP contribution is 2.21. The topological polar surface area (TPSA) is 73.2 Å². The number of ether oxygens (including phenoxy) is 1. The molecule has 1 aromatic carbocycles. The molecule has 0 aliphatic rings. The summed E-state index contributed by atoms with van der Waals surface area (Å²) in [6.07, 6.45) is 1.57. The molecule has 0 radical (unpaired) electrons. The second-order valence-electron chi connectivity index (χ2n) is 7.28. The molecule has 1 aromatic heterocycles. The van der Waals surface area contributed by atoms with Crippen LogP contribution < -0.4 is 10.9 Å². The Morgan fingerprint density at radius 1 is 1.27 bits per heavy atom. The van der Waals surface area contributed by atoms with E-state index in [0.29, 0.717) is 10.7 Å². The molecule has 0 amide bonds. The van der Waals surface area contributed by atoms with Crippen molar-refractivity contribution in [3.05, 3.63) is 45.8 Å². The number of nitrogens with zero attached hydrogens (tertiary/aromatic N) is 2. The second kappa shape index (κ2) is 7.91. The first-order chi connectivity index (χ1) is 12.1. The lowest BCUT2D eigenvalue weighted by molar-refractivity contribution is -0.155. The molecule has 0 saturated heterocycles. The van der Waals surface area contributed by atoms with Crippen molar-refractivity contribution in [2.45, 2.75) is 52.8 Å². The SMILES string of the molecule is CC(C)Nc1ncc(-c2ccc(Cl)cc2)n(CC(=O)OC(C)(C)C)c1=O. The quantitative estimate of drug-likeness (QED) is 0.804. The Balaban J connectivity index is 2.50.